The third-order valence-electron chi connectivity index (χ3n) is 5.36. The molecule has 2 heterocycles. The van der Waals surface area contributed by atoms with E-state index in [-0.39, 0.29) is 36.0 Å². The molecule has 8 heteroatoms. The van der Waals surface area contributed by atoms with Crippen molar-refractivity contribution < 1.29 is 14.3 Å². The number of nitrogens with zero attached hydrogens (tertiary/aromatic N) is 2. The molecule has 2 N–H and O–H groups in total. The Hall–Kier alpha value is -1.54. The second-order valence-corrected chi connectivity index (χ2v) is 8.65. The number of hydrogen-bond acceptors (Lipinski definition) is 6. The van der Waals surface area contributed by atoms with Crippen LogP contribution in [-0.4, -0.2) is 46.2 Å². The molecular formula is C18H28N4O3S. The van der Waals surface area contributed by atoms with Gasteiger partial charge in [0.1, 0.15) is 0 Å². The SMILES string of the molecule is Cc1snnc1C(=O)NCCC1CC(NC(=O)C2C[C@@H](C)O[C@@H](C)C2)C1. The van der Waals surface area contributed by atoms with Gasteiger partial charge in [-0.05, 0) is 70.3 Å². The Kier molecular flexibility index (Phi) is 6.24. The zero-order valence-electron chi connectivity index (χ0n) is 15.7. The summed E-state index contributed by atoms with van der Waals surface area (Å²) in [6.07, 6.45) is 4.85. The number of aryl methyl sites for hydroxylation is 1. The quantitative estimate of drug-likeness (QED) is 0.788. The molecule has 1 unspecified atom stereocenters. The molecule has 1 aromatic rings. The van der Waals surface area contributed by atoms with E-state index >= 15 is 0 Å². The lowest BCUT2D eigenvalue weighted by Gasteiger charge is -2.38. The summed E-state index contributed by atoms with van der Waals surface area (Å²) in [5.74, 6) is 0.656. The summed E-state index contributed by atoms with van der Waals surface area (Å²) in [5, 5.41) is 9.94. The van der Waals surface area contributed by atoms with Crippen molar-refractivity contribution >= 4 is 23.3 Å². The maximum Gasteiger partial charge on any atom is 0.273 e. The first-order chi connectivity index (χ1) is 12.4. The van der Waals surface area contributed by atoms with Gasteiger partial charge in [-0.1, -0.05) is 4.49 Å². The Bertz CT molecular complexity index is 634. The zero-order chi connectivity index (χ0) is 18.7. The minimum absolute atomic E-state index is 0.0713. The van der Waals surface area contributed by atoms with E-state index in [2.05, 4.69) is 20.2 Å². The largest absolute Gasteiger partial charge is 0.376 e. The maximum atomic E-state index is 12.4. The summed E-state index contributed by atoms with van der Waals surface area (Å²) in [6.45, 7) is 6.55. The van der Waals surface area contributed by atoms with E-state index in [1.54, 1.807) is 0 Å². The van der Waals surface area contributed by atoms with Crippen LogP contribution in [0.3, 0.4) is 0 Å². The molecule has 26 heavy (non-hydrogen) atoms. The topological polar surface area (TPSA) is 93.2 Å². The summed E-state index contributed by atoms with van der Waals surface area (Å²) < 4.78 is 9.49. The van der Waals surface area contributed by atoms with Crippen LogP contribution in [-0.2, 0) is 9.53 Å². The number of carbonyl (C=O) groups is 2. The first-order valence-corrected chi connectivity index (χ1v) is 10.2. The van der Waals surface area contributed by atoms with Gasteiger partial charge < -0.3 is 15.4 Å². The molecule has 2 aliphatic rings. The monoisotopic (exact) mass is 380 g/mol. The minimum Gasteiger partial charge on any atom is -0.376 e. The van der Waals surface area contributed by atoms with Crippen LogP contribution < -0.4 is 10.6 Å². The van der Waals surface area contributed by atoms with Crippen LogP contribution >= 0.6 is 11.5 Å². The number of amides is 2. The van der Waals surface area contributed by atoms with E-state index in [4.69, 9.17) is 4.74 Å². The van der Waals surface area contributed by atoms with Gasteiger partial charge in [-0.15, -0.1) is 5.10 Å². The Morgan fingerprint density at radius 2 is 1.88 bits per heavy atom. The summed E-state index contributed by atoms with van der Waals surface area (Å²) in [7, 11) is 0. The predicted molar refractivity (Wildman–Crippen MR) is 99.0 cm³/mol. The van der Waals surface area contributed by atoms with E-state index in [9.17, 15) is 9.59 Å². The molecule has 0 radical (unpaired) electrons. The number of nitrogens with one attached hydrogen (secondary N) is 2. The van der Waals surface area contributed by atoms with Gasteiger partial charge >= 0.3 is 0 Å². The van der Waals surface area contributed by atoms with Crippen LogP contribution in [0.5, 0.6) is 0 Å². The maximum absolute atomic E-state index is 12.4. The molecular weight excluding hydrogens is 352 g/mol. The van der Waals surface area contributed by atoms with Gasteiger partial charge in [0.05, 0.1) is 17.1 Å². The fourth-order valence-electron chi connectivity index (χ4n) is 3.94. The van der Waals surface area contributed by atoms with Gasteiger partial charge in [-0.3, -0.25) is 9.59 Å². The molecule has 7 nitrogen and oxygen atoms in total. The molecule has 0 bridgehead atoms. The third-order valence-corrected chi connectivity index (χ3v) is 5.99. The summed E-state index contributed by atoms with van der Waals surface area (Å²) in [4.78, 5) is 25.2. The molecule has 144 valence electrons. The minimum atomic E-state index is -0.150. The highest BCUT2D eigenvalue weighted by Gasteiger charge is 2.34. The van der Waals surface area contributed by atoms with Gasteiger partial charge in [-0.25, -0.2) is 0 Å². The number of ether oxygens (including phenoxy) is 1. The lowest BCUT2D eigenvalue weighted by Crippen LogP contribution is -2.48. The highest BCUT2D eigenvalue weighted by atomic mass is 32.1. The van der Waals surface area contributed by atoms with Crippen molar-refractivity contribution in [2.24, 2.45) is 11.8 Å². The predicted octanol–water partition coefficient (Wildman–Crippen LogP) is 2.06. The van der Waals surface area contributed by atoms with Crippen molar-refractivity contribution in [3.8, 4) is 0 Å². The zero-order valence-corrected chi connectivity index (χ0v) is 16.5. The summed E-state index contributed by atoms with van der Waals surface area (Å²) in [6, 6.07) is 0.279. The third kappa shape index (κ3) is 4.79. The average Bonchev–Trinajstić information content (AvgIpc) is 2.97. The highest BCUT2D eigenvalue weighted by Crippen LogP contribution is 2.31. The molecule has 3 atom stereocenters. The van der Waals surface area contributed by atoms with Crippen molar-refractivity contribution in [2.75, 3.05) is 6.54 Å². The van der Waals surface area contributed by atoms with Crippen LogP contribution in [0.25, 0.3) is 0 Å². The average molecular weight is 381 g/mol. The van der Waals surface area contributed by atoms with Gasteiger partial charge in [0.15, 0.2) is 5.69 Å². The molecule has 2 fully saturated rings. The van der Waals surface area contributed by atoms with Gasteiger partial charge in [-0.2, -0.15) is 0 Å². The standard InChI is InChI=1S/C18H28N4O3S/c1-10-6-14(7-11(2)25-10)17(23)20-15-8-13(9-15)4-5-19-18(24)16-12(3)26-22-21-16/h10-11,13-15H,4-9H2,1-3H3,(H,19,24)(H,20,23)/t10-,11+,13?,14?,15?. The number of carbonyl (C=O) groups excluding carboxylic acids is 2. The number of aromatic nitrogens is 2. The molecule has 3 rings (SSSR count). The molecule has 2 amide bonds. The van der Waals surface area contributed by atoms with E-state index in [1.165, 1.54) is 11.5 Å². The molecule has 0 aromatic carbocycles. The number of hydrogen-bond donors (Lipinski definition) is 2. The normalized spacial score (nSPS) is 31.1. The van der Waals surface area contributed by atoms with Crippen molar-refractivity contribution in [1.82, 2.24) is 20.2 Å². The molecule has 1 aliphatic carbocycles. The van der Waals surface area contributed by atoms with Crippen molar-refractivity contribution in [1.29, 1.82) is 0 Å². The Balaban J connectivity index is 1.31. The van der Waals surface area contributed by atoms with E-state index < -0.39 is 0 Å². The van der Waals surface area contributed by atoms with Crippen LogP contribution in [0.4, 0.5) is 0 Å². The smallest absolute Gasteiger partial charge is 0.273 e. The van der Waals surface area contributed by atoms with Crippen LogP contribution in [0.2, 0.25) is 0 Å². The highest BCUT2D eigenvalue weighted by molar-refractivity contribution is 7.05. The summed E-state index contributed by atoms with van der Waals surface area (Å²) >= 11 is 1.24. The van der Waals surface area contributed by atoms with E-state index in [0.717, 1.165) is 37.0 Å². The lowest BCUT2D eigenvalue weighted by molar-refractivity contribution is -0.134. The Morgan fingerprint density at radius 1 is 1.19 bits per heavy atom. The van der Waals surface area contributed by atoms with Crippen molar-refractivity contribution in [3.63, 3.8) is 0 Å². The molecule has 1 saturated heterocycles. The first-order valence-electron chi connectivity index (χ1n) is 9.45. The molecule has 1 aliphatic heterocycles. The Labute approximate surface area is 158 Å². The van der Waals surface area contributed by atoms with Crippen LogP contribution in [0, 0.1) is 18.8 Å². The fourth-order valence-corrected chi connectivity index (χ4v) is 4.41. The van der Waals surface area contributed by atoms with Gasteiger partial charge in [0.25, 0.3) is 5.91 Å². The first kappa shape index (κ1) is 19.2. The van der Waals surface area contributed by atoms with E-state index in [1.807, 2.05) is 20.8 Å². The summed E-state index contributed by atoms with van der Waals surface area (Å²) in [5.41, 5.74) is 0.425. The number of rotatable bonds is 6. The second kappa shape index (κ2) is 8.43. The van der Waals surface area contributed by atoms with E-state index in [0.29, 0.717) is 18.2 Å². The molecule has 0 spiro atoms. The van der Waals surface area contributed by atoms with Crippen molar-refractivity contribution in [2.45, 2.75) is 71.1 Å². The Morgan fingerprint density at radius 3 is 2.50 bits per heavy atom. The van der Waals surface area contributed by atoms with Crippen LogP contribution in [0.15, 0.2) is 0 Å². The lowest BCUT2D eigenvalue weighted by atomic mass is 9.77. The molecule has 1 saturated carbocycles. The molecule has 1 aromatic heterocycles. The van der Waals surface area contributed by atoms with Crippen molar-refractivity contribution in [3.05, 3.63) is 10.6 Å². The van der Waals surface area contributed by atoms with Gasteiger partial charge in [0, 0.05) is 18.5 Å². The second-order valence-electron chi connectivity index (χ2n) is 7.69. The van der Waals surface area contributed by atoms with Crippen LogP contribution in [0.1, 0.15) is 61.3 Å². The van der Waals surface area contributed by atoms with Gasteiger partial charge in [0.2, 0.25) is 5.91 Å². The fraction of sp³-hybridized carbons (Fsp3) is 0.778.